The van der Waals surface area contributed by atoms with Crippen LogP contribution in [-0.4, -0.2) is 22.1 Å². The fourth-order valence-corrected chi connectivity index (χ4v) is 2.40. The minimum atomic E-state index is 0. The molecule has 0 saturated carbocycles. The Labute approximate surface area is 161 Å². The van der Waals surface area contributed by atoms with Crippen molar-refractivity contribution in [1.82, 2.24) is 9.55 Å². The fourth-order valence-electron chi connectivity index (χ4n) is 2.40. The lowest BCUT2D eigenvalue weighted by Gasteiger charge is -2.10. The average molecular weight is 441 g/mol. The zero-order valence-corrected chi connectivity index (χ0v) is 17.0. The van der Waals surface area contributed by atoms with E-state index in [0.717, 1.165) is 37.4 Å². The Kier molecular flexibility index (Phi) is 8.81. The van der Waals surface area contributed by atoms with Crippen LogP contribution in [0.5, 0.6) is 0 Å². The maximum atomic E-state index is 5.96. The summed E-state index contributed by atoms with van der Waals surface area (Å²) >= 11 is 0. The van der Waals surface area contributed by atoms with Crippen molar-refractivity contribution >= 4 is 35.6 Å². The van der Waals surface area contributed by atoms with Crippen LogP contribution in [0.1, 0.15) is 44.0 Å². The molecule has 3 N–H and O–H groups in total. The lowest BCUT2D eigenvalue weighted by Crippen LogP contribution is -2.23. The number of nitrogens with zero attached hydrogens (tertiary/aromatic N) is 3. The molecule has 1 aromatic carbocycles. The lowest BCUT2D eigenvalue weighted by molar-refractivity contribution is 0.602. The van der Waals surface area contributed by atoms with E-state index in [1.807, 2.05) is 31.5 Å². The molecule has 2 aromatic rings. The van der Waals surface area contributed by atoms with Crippen LogP contribution in [0.4, 0.5) is 5.69 Å². The van der Waals surface area contributed by atoms with Crippen LogP contribution in [0, 0.1) is 6.92 Å². The first-order valence-electron chi connectivity index (χ1n) is 8.21. The molecule has 1 aromatic heterocycles. The van der Waals surface area contributed by atoms with Gasteiger partial charge in [0, 0.05) is 31.2 Å². The Hall–Kier alpha value is -1.57. The van der Waals surface area contributed by atoms with Crippen LogP contribution in [-0.2, 0) is 6.54 Å². The summed E-state index contributed by atoms with van der Waals surface area (Å²) in [4.78, 5) is 8.61. The molecule has 2 rings (SSSR count). The van der Waals surface area contributed by atoms with Crippen molar-refractivity contribution in [3.8, 4) is 0 Å². The number of imidazole rings is 1. The Morgan fingerprint density at radius 1 is 1.33 bits per heavy atom. The van der Waals surface area contributed by atoms with Gasteiger partial charge < -0.3 is 15.6 Å². The molecule has 0 unspecified atom stereocenters. The number of rotatable bonds is 7. The molecule has 0 fully saturated rings. The first-order chi connectivity index (χ1) is 11.1. The summed E-state index contributed by atoms with van der Waals surface area (Å²) in [6.45, 7) is 8.09. The molecular formula is C18H28IN5. The zero-order valence-electron chi connectivity index (χ0n) is 14.7. The smallest absolute Gasteiger partial charge is 0.193 e. The molecule has 5 nitrogen and oxygen atoms in total. The van der Waals surface area contributed by atoms with Crippen molar-refractivity contribution in [3.63, 3.8) is 0 Å². The molecule has 0 spiro atoms. The normalized spacial score (nSPS) is 11.4. The van der Waals surface area contributed by atoms with Gasteiger partial charge in [0.1, 0.15) is 5.82 Å². The van der Waals surface area contributed by atoms with Crippen molar-refractivity contribution in [2.45, 2.75) is 46.1 Å². The second-order valence-corrected chi connectivity index (χ2v) is 6.05. The molecule has 1 heterocycles. The largest absolute Gasteiger partial charge is 0.370 e. The molecule has 0 bridgehead atoms. The summed E-state index contributed by atoms with van der Waals surface area (Å²) < 4.78 is 2.16. The number of nitrogens with one attached hydrogen (secondary N) is 1. The first kappa shape index (κ1) is 20.5. The van der Waals surface area contributed by atoms with Crippen LogP contribution >= 0.6 is 24.0 Å². The highest BCUT2D eigenvalue weighted by molar-refractivity contribution is 14.0. The van der Waals surface area contributed by atoms with Gasteiger partial charge in [0.15, 0.2) is 5.96 Å². The van der Waals surface area contributed by atoms with E-state index in [-0.39, 0.29) is 24.0 Å². The highest BCUT2D eigenvalue weighted by Gasteiger charge is 2.01. The number of aryl methyl sites for hydroxylation is 2. The molecule has 0 aliphatic rings. The Balaban J connectivity index is 0.00000288. The van der Waals surface area contributed by atoms with Gasteiger partial charge in [-0.25, -0.2) is 4.98 Å². The number of aliphatic imine (C=N–C) groups is 1. The third kappa shape index (κ3) is 6.51. The second kappa shape index (κ2) is 10.3. The van der Waals surface area contributed by atoms with Crippen molar-refractivity contribution < 1.29 is 0 Å². The summed E-state index contributed by atoms with van der Waals surface area (Å²) in [7, 11) is 0. The molecule has 24 heavy (non-hydrogen) atoms. The SMILES string of the molecule is Cc1nccn1CCCCN=C(N)Nc1cccc(C(C)C)c1.I. The van der Waals surface area contributed by atoms with Crippen LogP contribution in [0.2, 0.25) is 0 Å². The number of halogens is 1. The molecule has 0 aliphatic heterocycles. The van der Waals surface area contributed by atoms with E-state index in [4.69, 9.17) is 5.73 Å². The summed E-state index contributed by atoms with van der Waals surface area (Å²) in [5, 5.41) is 3.16. The predicted molar refractivity (Wildman–Crippen MR) is 112 cm³/mol. The molecule has 0 amide bonds. The van der Waals surface area contributed by atoms with E-state index >= 15 is 0 Å². The van der Waals surface area contributed by atoms with Gasteiger partial charge in [-0.2, -0.15) is 0 Å². The monoisotopic (exact) mass is 441 g/mol. The minimum Gasteiger partial charge on any atom is -0.370 e. The second-order valence-electron chi connectivity index (χ2n) is 6.05. The van der Waals surface area contributed by atoms with Gasteiger partial charge in [-0.05, 0) is 43.4 Å². The number of nitrogens with two attached hydrogens (primary N) is 1. The van der Waals surface area contributed by atoms with Crippen LogP contribution in [0.25, 0.3) is 0 Å². The minimum absolute atomic E-state index is 0. The van der Waals surface area contributed by atoms with Crippen LogP contribution in [0.3, 0.4) is 0 Å². The maximum Gasteiger partial charge on any atom is 0.193 e. The number of hydrogen-bond donors (Lipinski definition) is 2. The number of guanidine groups is 1. The Morgan fingerprint density at radius 2 is 2.12 bits per heavy atom. The average Bonchev–Trinajstić information content (AvgIpc) is 2.92. The van der Waals surface area contributed by atoms with Gasteiger partial charge in [0.05, 0.1) is 0 Å². The van der Waals surface area contributed by atoms with E-state index in [1.165, 1.54) is 5.56 Å². The molecule has 132 valence electrons. The number of unbranched alkanes of at least 4 members (excludes halogenated alkanes) is 1. The van der Waals surface area contributed by atoms with E-state index < -0.39 is 0 Å². The molecule has 0 atom stereocenters. The van der Waals surface area contributed by atoms with Gasteiger partial charge in [-0.15, -0.1) is 24.0 Å². The quantitative estimate of drug-likeness (QED) is 0.294. The maximum absolute atomic E-state index is 5.96. The zero-order chi connectivity index (χ0) is 16.7. The number of benzene rings is 1. The van der Waals surface area contributed by atoms with Gasteiger partial charge in [-0.1, -0.05) is 26.0 Å². The Morgan fingerprint density at radius 3 is 2.79 bits per heavy atom. The highest BCUT2D eigenvalue weighted by Crippen LogP contribution is 2.18. The van der Waals surface area contributed by atoms with E-state index in [2.05, 4.69) is 45.8 Å². The van der Waals surface area contributed by atoms with Crippen LogP contribution < -0.4 is 11.1 Å². The third-order valence-electron chi connectivity index (χ3n) is 3.84. The van der Waals surface area contributed by atoms with Gasteiger partial charge in [0.2, 0.25) is 0 Å². The third-order valence-corrected chi connectivity index (χ3v) is 3.84. The number of aromatic nitrogens is 2. The van der Waals surface area contributed by atoms with Crippen molar-refractivity contribution in [1.29, 1.82) is 0 Å². The van der Waals surface area contributed by atoms with Gasteiger partial charge in [0.25, 0.3) is 0 Å². The topological polar surface area (TPSA) is 68.2 Å². The first-order valence-corrected chi connectivity index (χ1v) is 8.21. The predicted octanol–water partition coefficient (Wildman–Crippen LogP) is 4.14. The summed E-state index contributed by atoms with van der Waals surface area (Å²) in [5.74, 6) is 2.03. The molecular weight excluding hydrogens is 413 g/mol. The molecule has 6 heteroatoms. The molecule has 0 aliphatic carbocycles. The number of anilines is 1. The highest BCUT2D eigenvalue weighted by atomic mass is 127. The summed E-state index contributed by atoms with van der Waals surface area (Å²) in [6.07, 6.45) is 5.92. The molecule has 0 radical (unpaired) electrons. The molecule has 0 saturated heterocycles. The lowest BCUT2D eigenvalue weighted by atomic mass is 10.0. The van der Waals surface area contributed by atoms with Gasteiger partial charge >= 0.3 is 0 Å². The van der Waals surface area contributed by atoms with E-state index in [1.54, 1.807) is 0 Å². The fraction of sp³-hybridized carbons (Fsp3) is 0.444. The van der Waals surface area contributed by atoms with Crippen molar-refractivity contribution in [2.75, 3.05) is 11.9 Å². The van der Waals surface area contributed by atoms with Crippen molar-refractivity contribution in [2.24, 2.45) is 10.7 Å². The summed E-state index contributed by atoms with van der Waals surface area (Å²) in [6, 6.07) is 8.30. The van der Waals surface area contributed by atoms with Gasteiger partial charge in [-0.3, -0.25) is 4.99 Å². The van der Waals surface area contributed by atoms with Crippen LogP contribution in [0.15, 0.2) is 41.7 Å². The van der Waals surface area contributed by atoms with E-state index in [9.17, 15) is 0 Å². The standard InChI is InChI=1S/C18H27N5.HI/c1-14(2)16-7-6-8-17(13-16)22-18(19)21-9-4-5-11-23-12-10-20-15(23)3;/h6-8,10,12-14H,4-5,9,11H2,1-3H3,(H3,19,21,22);1H. The Bertz CT molecular complexity index is 648. The van der Waals surface area contributed by atoms with Crippen molar-refractivity contribution in [3.05, 3.63) is 48.0 Å². The number of hydrogen-bond acceptors (Lipinski definition) is 2. The summed E-state index contributed by atoms with van der Waals surface area (Å²) in [5.41, 5.74) is 8.24. The van der Waals surface area contributed by atoms with E-state index in [0.29, 0.717) is 11.9 Å².